The summed E-state index contributed by atoms with van der Waals surface area (Å²) in [6.07, 6.45) is 5.25. The van der Waals surface area contributed by atoms with Gasteiger partial charge in [-0.1, -0.05) is 40.2 Å². The van der Waals surface area contributed by atoms with Gasteiger partial charge < -0.3 is 14.9 Å². The summed E-state index contributed by atoms with van der Waals surface area (Å²) in [5.41, 5.74) is 4.57. The van der Waals surface area contributed by atoms with Crippen molar-refractivity contribution in [3.05, 3.63) is 30.4 Å². The van der Waals surface area contributed by atoms with Gasteiger partial charge in [0, 0.05) is 33.2 Å². The summed E-state index contributed by atoms with van der Waals surface area (Å²) < 4.78 is 0. The molecule has 2 aromatic rings. The van der Waals surface area contributed by atoms with Crippen molar-refractivity contribution in [1.82, 2.24) is 15.0 Å². The fourth-order valence-electron chi connectivity index (χ4n) is 2.53. The number of nitrogens with zero attached hydrogens (tertiary/aromatic N) is 4. The predicted octanol–water partition coefficient (Wildman–Crippen LogP) is 3.28. The van der Waals surface area contributed by atoms with Crippen molar-refractivity contribution < 1.29 is 20.1 Å². The van der Waals surface area contributed by atoms with Crippen LogP contribution < -0.4 is 9.88 Å². The quantitative estimate of drug-likeness (QED) is 0.686. The number of rotatable bonds is 2. The van der Waals surface area contributed by atoms with Crippen LogP contribution in [0, 0.1) is 12.3 Å². The van der Waals surface area contributed by atoms with Crippen LogP contribution in [0.25, 0.3) is 11.4 Å². The van der Waals surface area contributed by atoms with Crippen LogP contribution in [0.2, 0.25) is 0 Å². The molecule has 0 amide bonds. The standard InChI is InChI=1S/C14H17N4.C2H6.Ir/c1-10-4-11(18-7-14(2,3)8-18)5-16-13(10)12-6-15-9-17-12;1-2;/h4-6,9H,7-8H2,1-3H3;1-2H3;/q-1;;. The summed E-state index contributed by atoms with van der Waals surface area (Å²) in [6, 6.07) is 2.19. The number of hydrogen-bond donors (Lipinski definition) is 0. The Morgan fingerprint density at radius 1 is 1.19 bits per heavy atom. The van der Waals surface area contributed by atoms with Gasteiger partial charge in [-0.3, -0.25) is 4.98 Å². The fourth-order valence-corrected chi connectivity index (χ4v) is 2.53. The zero-order chi connectivity index (χ0) is 14.8. The van der Waals surface area contributed by atoms with Crippen molar-refractivity contribution in [3.63, 3.8) is 0 Å². The second-order valence-corrected chi connectivity index (χ2v) is 5.79. The summed E-state index contributed by atoms with van der Waals surface area (Å²) in [7, 11) is 0. The van der Waals surface area contributed by atoms with Gasteiger partial charge in [-0.15, -0.1) is 0 Å². The Morgan fingerprint density at radius 3 is 2.33 bits per heavy atom. The number of anilines is 1. The first-order valence-electron chi connectivity index (χ1n) is 7.20. The Labute approximate surface area is 140 Å². The van der Waals surface area contributed by atoms with Crippen LogP contribution in [-0.4, -0.2) is 23.1 Å². The molecule has 2 aromatic heterocycles. The second kappa shape index (κ2) is 7.19. The first-order valence-corrected chi connectivity index (χ1v) is 7.20. The van der Waals surface area contributed by atoms with E-state index in [1.54, 1.807) is 12.5 Å². The second-order valence-electron chi connectivity index (χ2n) is 5.79. The van der Waals surface area contributed by atoms with Crippen LogP contribution >= 0.6 is 0 Å². The van der Waals surface area contributed by atoms with Gasteiger partial charge in [0.2, 0.25) is 0 Å². The van der Waals surface area contributed by atoms with E-state index >= 15 is 0 Å². The summed E-state index contributed by atoms with van der Waals surface area (Å²) in [6.45, 7) is 12.9. The van der Waals surface area contributed by atoms with Gasteiger partial charge in [0.05, 0.1) is 17.6 Å². The number of imidazole rings is 1. The van der Waals surface area contributed by atoms with Gasteiger partial charge in [-0.25, -0.2) is 0 Å². The maximum atomic E-state index is 4.53. The van der Waals surface area contributed by atoms with E-state index in [4.69, 9.17) is 0 Å². The Morgan fingerprint density at radius 2 is 1.86 bits per heavy atom. The molecule has 5 heteroatoms. The zero-order valence-corrected chi connectivity index (χ0v) is 15.7. The van der Waals surface area contributed by atoms with Gasteiger partial charge in [-0.2, -0.15) is 0 Å². The number of aryl methyl sites for hydroxylation is 1. The Hall–Kier alpha value is -1.19. The maximum absolute atomic E-state index is 4.53. The monoisotopic (exact) mass is 464 g/mol. The first kappa shape index (κ1) is 17.9. The summed E-state index contributed by atoms with van der Waals surface area (Å²) in [5.74, 6) is 0. The maximum Gasteiger partial charge on any atom is 0.0688 e. The molecule has 1 aliphatic rings. The Balaban J connectivity index is 0.000000706. The molecule has 4 nitrogen and oxygen atoms in total. The molecular weight excluding hydrogens is 440 g/mol. The Kier molecular flexibility index (Phi) is 6.11. The van der Waals surface area contributed by atoms with Gasteiger partial charge in [0.25, 0.3) is 0 Å². The van der Waals surface area contributed by atoms with Crippen molar-refractivity contribution in [2.75, 3.05) is 18.0 Å². The molecule has 0 spiro atoms. The van der Waals surface area contributed by atoms with Crippen molar-refractivity contribution >= 4 is 5.69 Å². The van der Waals surface area contributed by atoms with E-state index in [1.807, 2.05) is 20.0 Å². The molecule has 3 rings (SSSR count). The molecular formula is C16H23IrN4-. The van der Waals surface area contributed by atoms with E-state index in [2.05, 4.69) is 46.7 Å². The minimum absolute atomic E-state index is 0. The summed E-state index contributed by atoms with van der Waals surface area (Å²) in [4.78, 5) is 15.1. The predicted molar refractivity (Wildman–Crippen MR) is 82.9 cm³/mol. The number of pyridine rings is 1. The molecule has 1 fully saturated rings. The third-order valence-corrected chi connectivity index (χ3v) is 3.37. The zero-order valence-electron chi connectivity index (χ0n) is 13.3. The smallest absolute Gasteiger partial charge is 0.0688 e. The molecule has 0 bridgehead atoms. The molecule has 0 N–H and O–H groups in total. The van der Waals surface area contributed by atoms with Crippen LogP contribution in [0.5, 0.6) is 0 Å². The minimum Gasteiger partial charge on any atom is -0.449 e. The van der Waals surface area contributed by atoms with E-state index in [9.17, 15) is 0 Å². The molecule has 1 radical (unpaired) electrons. The largest absolute Gasteiger partial charge is 0.449 e. The summed E-state index contributed by atoms with van der Waals surface area (Å²) in [5, 5.41) is 0. The van der Waals surface area contributed by atoms with Gasteiger partial charge >= 0.3 is 0 Å². The van der Waals surface area contributed by atoms with E-state index in [1.165, 1.54) is 5.69 Å². The van der Waals surface area contributed by atoms with Gasteiger partial charge in [0.15, 0.2) is 0 Å². The van der Waals surface area contributed by atoms with E-state index in [0.717, 1.165) is 30.0 Å². The molecule has 0 atom stereocenters. The van der Waals surface area contributed by atoms with Crippen LogP contribution in [0.4, 0.5) is 5.69 Å². The number of hydrogen-bond acceptors (Lipinski definition) is 3. The topological polar surface area (TPSA) is 43.1 Å². The van der Waals surface area contributed by atoms with Gasteiger partial charge in [0.1, 0.15) is 0 Å². The van der Waals surface area contributed by atoms with Crippen molar-refractivity contribution in [2.45, 2.75) is 34.6 Å². The van der Waals surface area contributed by atoms with Crippen molar-refractivity contribution in [3.8, 4) is 11.4 Å². The molecule has 21 heavy (non-hydrogen) atoms. The third-order valence-electron chi connectivity index (χ3n) is 3.37. The molecule has 0 unspecified atom stereocenters. The van der Waals surface area contributed by atoms with E-state index in [-0.39, 0.29) is 20.1 Å². The fraction of sp³-hybridized carbons (Fsp3) is 0.500. The van der Waals surface area contributed by atoms with Crippen LogP contribution in [0.15, 0.2) is 24.8 Å². The molecule has 1 saturated heterocycles. The molecule has 0 saturated carbocycles. The average Bonchev–Trinajstić information content (AvgIpc) is 2.92. The molecule has 0 aromatic carbocycles. The van der Waals surface area contributed by atoms with E-state index in [0.29, 0.717) is 5.41 Å². The third kappa shape index (κ3) is 3.92. The van der Waals surface area contributed by atoms with Crippen LogP contribution in [0.3, 0.4) is 0 Å². The van der Waals surface area contributed by atoms with Crippen LogP contribution in [-0.2, 0) is 20.1 Å². The van der Waals surface area contributed by atoms with Crippen molar-refractivity contribution in [2.24, 2.45) is 5.41 Å². The van der Waals surface area contributed by atoms with Crippen molar-refractivity contribution in [1.29, 1.82) is 0 Å². The molecule has 3 heterocycles. The molecule has 0 aliphatic carbocycles. The normalized spacial score (nSPS) is 15.4. The average molecular weight is 464 g/mol. The molecule has 117 valence electrons. The number of aromatic nitrogens is 3. The van der Waals surface area contributed by atoms with E-state index < -0.39 is 0 Å². The minimum atomic E-state index is 0. The SMILES string of the molecule is CC.Cc1cc(N2CC(C)(C)C2)cnc1-c1c[n-]cn1.[Ir]. The van der Waals surface area contributed by atoms with Crippen LogP contribution in [0.1, 0.15) is 33.3 Å². The molecule has 1 aliphatic heterocycles. The Bertz CT molecular complexity index is 556. The van der Waals surface area contributed by atoms with Gasteiger partial charge in [-0.05, 0) is 29.7 Å². The first-order chi connectivity index (χ1) is 9.55. The summed E-state index contributed by atoms with van der Waals surface area (Å²) >= 11 is 0.